The van der Waals surface area contributed by atoms with Crippen molar-refractivity contribution in [2.75, 3.05) is 40.3 Å². The topological polar surface area (TPSA) is 18.5 Å². The van der Waals surface area contributed by atoms with E-state index < -0.39 is 0 Å². The standard InChI is InChI=1S/C14H31N3/c1-13(2,3)17-11-14(4,5)10-16(7)9-12(17)8-15-6/h12,15H,8-11H2,1-7H3. The van der Waals surface area contributed by atoms with Crippen molar-refractivity contribution in [3.63, 3.8) is 0 Å². The van der Waals surface area contributed by atoms with Gasteiger partial charge in [0, 0.05) is 37.8 Å². The van der Waals surface area contributed by atoms with Crippen LogP contribution >= 0.6 is 0 Å². The Kier molecular flexibility index (Phi) is 4.61. The van der Waals surface area contributed by atoms with Gasteiger partial charge in [-0.2, -0.15) is 0 Å². The highest BCUT2D eigenvalue weighted by molar-refractivity contribution is 4.93. The molecular weight excluding hydrogens is 210 g/mol. The van der Waals surface area contributed by atoms with Crippen LogP contribution in [0.5, 0.6) is 0 Å². The highest BCUT2D eigenvalue weighted by atomic mass is 15.3. The average molecular weight is 241 g/mol. The minimum absolute atomic E-state index is 0.240. The van der Waals surface area contributed by atoms with Crippen LogP contribution in [0.2, 0.25) is 0 Å². The largest absolute Gasteiger partial charge is 0.318 e. The van der Waals surface area contributed by atoms with Crippen molar-refractivity contribution < 1.29 is 0 Å². The molecule has 0 aromatic carbocycles. The summed E-state index contributed by atoms with van der Waals surface area (Å²) in [5.41, 5.74) is 0.606. The molecule has 0 amide bonds. The van der Waals surface area contributed by atoms with E-state index in [1.165, 1.54) is 13.1 Å². The number of rotatable bonds is 2. The second-order valence-electron chi connectivity index (χ2n) is 7.37. The molecule has 1 atom stereocenters. The Morgan fingerprint density at radius 2 is 1.82 bits per heavy atom. The SMILES string of the molecule is CNCC1CN(C)CC(C)(C)CN1C(C)(C)C. The molecule has 0 saturated carbocycles. The summed E-state index contributed by atoms with van der Waals surface area (Å²) < 4.78 is 0. The van der Waals surface area contributed by atoms with Crippen molar-refractivity contribution in [1.82, 2.24) is 15.1 Å². The maximum absolute atomic E-state index is 3.35. The van der Waals surface area contributed by atoms with E-state index in [-0.39, 0.29) is 5.54 Å². The number of nitrogens with one attached hydrogen (secondary N) is 1. The minimum atomic E-state index is 0.240. The quantitative estimate of drug-likeness (QED) is 0.793. The summed E-state index contributed by atoms with van der Waals surface area (Å²) in [5, 5.41) is 3.35. The predicted octanol–water partition coefficient (Wildman–Crippen LogP) is 1.65. The molecule has 0 aromatic heterocycles. The van der Waals surface area contributed by atoms with Crippen molar-refractivity contribution >= 4 is 0 Å². The number of likely N-dealkylation sites (N-methyl/N-ethyl adjacent to an activating group) is 2. The third kappa shape index (κ3) is 4.23. The van der Waals surface area contributed by atoms with Crippen LogP contribution in [0.3, 0.4) is 0 Å². The first kappa shape index (κ1) is 14.9. The van der Waals surface area contributed by atoms with Gasteiger partial charge in [-0.3, -0.25) is 4.90 Å². The van der Waals surface area contributed by atoms with Gasteiger partial charge in [-0.05, 0) is 40.3 Å². The molecular formula is C14H31N3. The van der Waals surface area contributed by atoms with Crippen molar-refractivity contribution in [1.29, 1.82) is 0 Å². The summed E-state index contributed by atoms with van der Waals surface area (Å²) in [7, 11) is 4.30. The smallest absolute Gasteiger partial charge is 0.0353 e. The lowest BCUT2D eigenvalue weighted by atomic mass is 9.90. The maximum atomic E-state index is 3.35. The third-order valence-electron chi connectivity index (χ3n) is 3.56. The van der Waals surface area contributed by atoms with Crippen LogP contribution in [0.25, 0.3) is 0 Å². The Hall–Kier alpha value is -0.120. The van der Waals surface area contributed by atoms with Gasteiger partial charge in [0.25, 0.3) is 0 Å². The van der Waals surface area contributed by atoms with Crippen molar-refractivity contribution in [2.45, 2.75) is 46.2 Å². The van der Waals surface area contributed by atoms with Gasteiger partial charge in [0.15, 0.2) is 0 Å². The summed E-state index contributed by atoms with van der Waals surface area (Å²) in [5.74, 6) is 0. The van der Waals surface area contributed by atoms with Gasteiger partial charge in [0.05, 0.1) is 0 Å². The molecule has 0 aromatic rings. The lowest BCUT2D eigenvalue weighted by Crippen LogP contribution is -2.55. The number of hydrogen-bond donors (Lipinski definition) is 1. The first-order chi connectivity index (χ1) is 7.65. The predicted molar refractivity (Wildman–Crippen MR) is 75.5 cm³/mol. The van der Waals surface area contributed by atoms with Crippen LogP contribution in [-0.2, 0) is 0 Å². The first-order valence-corrected chi connectivity index (χ1v) is 6.75. The molecule has 1 saturated heterocycles. The van der Waals surface area contributed by atoms with Gasteiger partial charge in [-0.1, -0.05) is 13.8 Å². The maximum Gasteiger partial charge on any atom is 0.0353 e. The summed E-state index contributed by atoms with van der Waals surface area (Å²) in [6, 6.07) is 0.603. The van der Waals surface area contributed by atoms with E-state index >= 15 is 0 Å². The third-order valence-corrected chi connectivity index (χ3v) is 3.56. The molecule has 3 heteroatoms. The first-order valence-electron chi connectivity index (χ1n) is 6.75. The molecule has 17 heavy (non-hydrogen) atoms. The van der Waals surface area contributed by atoms with Crippen molar-refractivity contribution in [2.24, 2.45) is 5.41 Å². The molecule has 1 heterocycles. The zero-order chi connectivity index (χ0) is 13.3. The summed E-state index contributed by atoms with van der Waals surface area (Å²) in [6.07, 6.45) is 0. The van der Waals surface area contributed by atoms with Crippen LogP contribution < -0.4 is 5.32 Å². The molecule has 1 aliphatic rings. The molecule has 0 spiro atoms. The van der Waals surface area contributed by atoms with E-state index in [0.29, 0.717) is 11.5 Å². The zero-order valence-corrected chi connectivity index (χ0v) is 12.8. The number of hydrogen-bond acceptors (Lipinski definition) is 3. The second kappa shape index (κ2) is 5.25. The Morgan fingerprint density at radius 3 is 2.29 bits per heavy atom. The molecule has 1 fully saturated rings. The molecule has 102 valence electrons. The molecule has 1 rings (SSSR count). The monoisotopic (exact) mass is 241 g/mol. The molecule has 0 bridgehead atoms. The highest BCUT2D eigenvalue weighted by Gasteiger charge is 2.37. The van der Waals surface area contributed by atoms with Gasteiger partial charge < -0.3 is 10.2 Å². The lowest BCUT2D eigenvalue weighted by molar-refractivity contribution is 0.0595. The summed E-state index contributed by atoms with van der Waals surface area (Å²) in [6.45, 7) is 16.3. The molecule has 1 unspecified atom stereocenters. The van der Waals surface area contributed by atoms with E-state index in [4.69, 9.17) is 0 Å². The minimum Gasteiger partial charge on any atom is -0.318 e. The van der Waals surface area contributed by atoms with Gasteiger partial charge in [0.2, 0.25) is 0 Å². The van der Waals surface area contributed by atoms with E-state index in [1.807, 2.05) is 0 Å². The van der Waals surface area contributed by atoms with Crippen LogP contribution in [-0.4, -0.2) is 61.7 Å². The number of nitrogens with zero attached hydrogens (tertiary/aromatic N) is 2. The summed E-state index contributed by atoms with van der Waals surface area (Å²) >= 11 is 0. The second-order valence-corrected chi connectivity index (χ2v) is 7.37. The normalized spacial score (nSPS) is 28.1. The molecule has 0 aliphatic carbocycles. The highest BCUT2D eigenvalue weighted by Crippen LogP contribution is 2.28. The fourth-order valence-corrected chi connectivity index (χ4v) is 3.09. The van der Waals surface area contributed by atoms with E-state index in [2.05, 4.69) is 63.8 Å². The zero-order valence-electron chi connectivity index (χ0n) is 12.8. The van der Waals surface area contributed by atoms with E-state index in [0.717, 1.165) is 13.1 Å². The van der Waals surface area contributed by atoms with Gasteiger partial charge in [-0.25, -0.2) is 0 Å². The van der Waals surface area contributed by atoms with E-state index in [1.54, 1.807) is 0 Å². The van der Waals surface area contributed by atoms with Gasteiger partial charge >= 0.3 is 0 Å². The molecule has 0 radical (unpaired) electrons. The lowest BCUT2D eigenvalue weighted by Gasteiger charge is -2.43. The van der Waals surface area contributed by atoms with Crippen LogP contribution in [0.1, 0.15) is 34.6 Å². The Bertz CT molecular complexity index is 242. The summed E-state index contributed by atoms with van der Waals surface area (Å²) in [4.78, 5) is 5.15. The van der Waals surface area contributed by atoms with Crippen molar-refractivity contribution in [3.8, 4) is 0 Å². The Balaban J connectivity index is 2.93. The Labute approximate surface area is 108 Å². The van der Waals surface area contributed by atoms with Crippen LogP contribution in [0.4, 0.5) is 0 Å². The fourth-order valence-electron chi connectivity index (χ4n) is 3.09. The van der Waals surface area contributed by atoms with E-state index in [9.17, 15) is 0 Å². The molecule has 3 nitrogen and oxygen atoms in total. The van der Waals surface area contributed by atoms with Crippen LogP contribution in [0.15, 0.2) is 0 Å². The molecule has 1 aliphatic heterocycles. The Morgan fingerprint density at radius 1 is 1.24 bits per heavy atom. The molecule has 1 N–H and O–H groups in total. The van der Waals surface area contributed by atoms with Gasteiger partial charge in [-0.15, -0.1) is 0 Å². The fraction of sp³-hybridized carbons (Fsp3) is 1.00. The average Bonchev–Trinajstić information content (AvgIpc) is 2.21. The van der Waals surface area contributed by atoms with Gasteiger partial charge in [0.1, 0.15) is 0 Å². The van der Waals surface area contributed by atoms with Crippen LogP contribution in [0, 0.1) is 5.41 Å². The van der Waals surface area contributed by atoms with Crippen molar-refractivity contribution in [3.05, 3.63) is 0 Å².